The van der Waals surface area contributed by atoms with Gasteiger partial charge in [-0.3, -0.25) is 4.79 Å². The molecule has 1 amide bonds. The molecule has 0 atom stereocenters. The first-order valence-electron chi connectivity index (χ1n) is 9.02. The lowest BCUT2D eigenvalue weighted by Gasteiger charge is -2.33. The maximum Gasteiger partial charge on any atom is 0.292 e. The van der Waals surface area contributed by atoms with Crippen LogP contribution in [0.3, 0.4) is 0 Å². The fourth-order valence-corrected chi connectivity index (χ4v) is 5.20. The molecule has 3 aromatic rings. The molecule has 150 valence electrons. The van der Waals surface area contributed by atoms with Gasteiger partial charge in [0.15, 0.2) is 0 Å². The summed E-state index contributed by atoms with van der Waals surface area (Å²) >= 11 is 3.30. The van der Waals surface area contributed by atoms with Crippen LogP contribution in [0.15, 0.2) is 74.6 Å². The summed E-state index contributed by atoms with van der Waals surface area (Å²) in [6.07, 6.45) is 0. The summed E-state index contributed by atoms with van der Waals surface area (Å²) in [5.74, 6) is -0.147. The van der Waals surface area contributed by atoms with Crippen molar-refractivity contribution >= 4 is 31.9 Å². The van der Waals surface area contributed by atoms with Crippen LogP contribution in [-0.4, -0.2) is 54.9 Å². The summed E-state index contributed by atoms with van der Waals surface area (Å²) in [7, 11) is -3.60. The summed E-state index contributed by atoms with van der Waals surface area (Å²) < 4.78 is 33.0. The van der Waals surface area contributed by atoms with Crippen molar-refractivity contribution in [3.63, 3.8) is 0 Å². The average molecular weight is 476 g/mol. The Kier molecular flexibility index (Phi) is 5.53. The normalized spacial score (nSPS) is 15.4. The van der Waals surface area contributed by atoms with Gasteiger partial charge in [0.05, 0.1) is 4.90 Å². The highest BCUT2D eigenvalue weighted by molar-refractivity contribution is 9.10. The molecule has 2 heterocycles. The van der Waals surface area contributed by atoms with Gasteiger partial charge in [0.25, 0.3) is 5.91 Å². The molecule has 2 aromatic carbocycles. The highest BCUT2D eigenvalue weighted by atomic mass is 79.9. The SMILES string of the molecule is O=C(c1cc(-c2ccccc2)no1)N1CCN(S(=O)(=O)c2cccc(Br)c2)CC1. The van der Waals surface area contributed by atoms with Gasteiger partial charge in [0.2, 0.25) is 15.8 Å². The molecule has 0 N–H and O–H groups in total. The lowest BCUT2D eigenvalue weighted by atomic mass is 10.1. The molecule has 9 heteroatoms. The largest absolute Gasteiger partial charge is 0.350 e. The van der Waals surface area contributed by atoms with Gasteiger partial charge in [-0.25, -0.2) is 8.42 Å². The van der Waals surface area contributed by atoms with Crippen LogP contribution in [0.25, 0.3) is 11.3 Å². The van der Waals surface area contributed by atoms with Crippen LogP contribution in [0.4, 0.5) is 0 Å². The molecular weight excluding hydrogens is 458 g/mol. The number of carbonyl (C=O) groups excluding carboxylic acids is 1. The predicted octanol–water partition coefficient (Wildman–Crippen LogP) is 3.25. The third-order valence-corrected chi connectivity index (χ3v) is 7.14. The number of sulfonamides is 1. The Morgan fingerprint density at radius 1 is 0.966 bits per heavy atom. The lowest BCUT2D eigenvalue weighted by Crippen LogP contribution is -2.50. The van der Waals surface area contributed by atoms with E-state index >= 15 is 0 Å². The zero-order valence-electron chi connectivity index (χ0n) is 15.4. The smallest absolute Gasteiger partial charge is 0.292 e. The lowest BCUT2D eigenvalue weighted by molar-refractivity contribution is 0.0656. The Bertz CT molecular complexity index is 1120. The van der Waals surface area contributed by atoms with Crippen LogP contribution in [-0.2, 0) is 10.0 Å². The molecule has 29 heavy (non-hydrogen) atoms. The molecule has 7 nitrogen and oxygen atoms in total. The van der Waals surface area contributed by atoms with E-state index < -0.39 is 10.0 Å². The third kappa shape index (κ3) is 4.12. The summed E-state index contributed by atoms with van der Waals surface area (Å²) in [6.45, 7) is 1.02. The van der Waals surface area contributed by atoms with Crippen LogP contribution >= 0.6 is 15.9 Å². The highest BCUT2D eigenvalue weighted by Crippen LogP contribution is 2.23. The average Bonchev–Trinajstić information content (AvgIpc) is 3.24. The molecule has 1 aliphatic rings. The van der Waals surface area contributed by atoms with Crippen molar-refractivity contribution in [1.29, 1.82) is 0 Å². The van der Waals surface area contributed by atoms with E-state index in [2.05, 4.69) is 21.1 Å². The van der Waals surface area contributed by atoms with Gasteiger partial charge in [0, 0.05) is 42.3 Å². The zero-order chi connectivity index (χ0) is 20.4. The van der Waals surface area contributed by atoms with Gasteiger partial charge >= 0.3 is 0 Å². The topological polar surface area (TPSA) is 83.7 Å². The molecule has 1 aromatic heterocycles. The minimum absolute atomic E-state index is 0.146. The second-order valence-electron chi connectivity index (χ2n) is 6.60. The molecule has 0 aliphatic carbocycles. The van der Waals surface area contributed by atoms with E-state index in [9.17, 15) is 13.2 Å². The summed E-state index contributed by atoms with van der Waals surface area (Å²) in [6, 6.07) is 17.7. The van der Waals surface area contributed by atoms with Crippen molar-refractivity contribution in [3.05, 3.63) is 70.9 Å². The van der Waals surface area contributed by atoms with Crippen molar-refractivity contribution < 1.29 is 17.7 Å². The van der Waals surface area contributed by atoms with Crippen molar-refractivity contribution in [2.75, 3.05) is 26.2 Å². The van der Waals surface area contributed by atoms with Gasteiger partial charge in [0.1, 0.15) is 5.69 Å². The van der Waals surface area contributed by atoms with Crippen molar-refractivity contribution in [1.82, 2.24) is 14.4 Å². The van der Waals surface area contributed by atoms with Crippen LogP contribution in [0, 0.1) is 0 Å². The minimum atomic E-state index is -3.60. The van der Waals surface area contributed by atoms with E-state index in [1.54, 1.807) is 35.2 Å². The standard InChI is InChI=1S/C20H18BrN3O4S/c21-16-7-4-8-17(13-16)29(26,27)24-11-9-23(10-12-24)20(25)19-14-18(22-28-19)15-5-2-1-3-6-15/h1-8,13-14H,9-12H2. The minimum Gasteiger partial charge on any atom is -0.350 e. The molecule has 1 aliphatic heterocycles. The Morgan fingerprint density at radius 3 is 2.38 bits per heavy atom. The van der Waals surface area contributed by atoms with Crippen LogP contribution in [0.1, 0.15) is 10.6 Å². The van der Waals surface area contributed by atoms with Gasteiger partial charge < -0.3 is 9.42 Å². The van der Waals surface area contributed by atoms with E-state index in [0.29, 0.717) is 10.2 Å². The van der Waals surface area contributed by atoms with E-state index in [-0.39, 0.29) is 42.7 Å². The molecule has 1 saturated heterocycles. The molecule has 1 fully saturated rings. The third-order valence-electron chi connectivity index (χ3n) is 4.75. The number of carbonyl (C=O) groups is 1. The number of nitrogens with zero attached hydrogens (tertiary/aromatic N) is 3. The molecule has 4 rings (SSSR count). The first kappa shape index (κ1) is 19.8. The number of piperazine rings is 1. The Labute approximate surface area is 177 Å². The summed E-state index contributed by atoms with van der Waals surface area (Å²) in [5, 5.41) is 3.97. The van der Waals surface area contributed by atoms with Crippen molar-refractivity contribution in [2.24, 2.45) is 0 Å². The summed E-state index contributed by atoms with van der Waals surface area (Å²) in [4.78, 5) is 14.5. The Balaban J connectivity index is 1.43. The maximum absolute atomic E-state index is 12.8. The zero-order valence-corrected chi connectivity index (χ0v) is 17.8. The molecule has 0 unspecified atom stereocenters. The Morgan fingerprint density at radius 2 is 1.69 bits per heavy atom. The fraction of sp³-hybridized carbons (Fsp3) is 0.200. The van der Waals surface area contributed by atoms with Crippen molar-refractivity contribution in [3.8, 4) is 11.3 Å². The number of halogens is 1. The second-order valence-corrected chi connectivity index (χ2v) is 9.45. The van der Waals surface area contributed by atoms with Gasteiger partial charge in [-0.05, 0) is 18.2 Å². The number of benzene rings is 2. The molecule has 0 saturated carbocycles. The van der Waals surface area contributed by atoms with E-state index in [4.69, 9.17) is 4.52 Å². The fourth-order valence-electron chi connectivity index (χ4n) is 3.18. The summed E-state index contributed by atoms with van der Waals surface area (Å²) in [5.41, 5.74) is 1.45. The van der Waals surface area contributed by atoms with E-state index in [0.717, 1.165) is 5.56 Å². The first-order chi connectivity index (χ1) is 13.9. The van der Waals surface area contributed by atoms with Gasteiger partial charge in [-0.1, -0.05) is 57.5 Å². The number of aromatic nitrogens is 1. The number of hydrogen-bond donors (Lipinski definition) is 0. The van der Waals surface area contributed by atoms with E-state index in [1.165, 1.54) is 4.31 Å². The predicted molar refractivity (Wildman–Crippen MR) is 111 cm³/mol. The second kappa shape index (κ2) is 8.10. The molecule has 0 radical (unpaired) electrons. The first-order valence-corrected chi connectivity index (χ1v) is 11.3. The van der Waals surface area contributed by atoms with E-state index in [1.807, 2.05) is 30.3 Å². The molecule has 0 spiro atoms. The molecular formula is C20H18BrN3O4S. The number of rotatable bonds is 4. The Hall–Kier alpha value is -2.49. The maximum atomic E-state index is 12.8. The number of amides is 1. The van der Waals surface area contributed by atoms with Gasteiger partial charge in [-0.15, -0.1) is 0 Å². The van der Waals surface area contributed by atoms with Crippen LogP contribution in [0.5, 0.6) is 0 Å². The highest BCUT2D eigenvalue weighted by Gasteiger charge is 2.31. The number of hydrogen-bond acceptors (Lipinski definition) is 5. The van der Waals surface area contributed by atoms with Crippen molar-refractivity contribution in [2.45, 2.75) is 4.90 Å². The monoisotopic (exact) mass is 475 g/mol. The van der Waals surface area contributed by atoms with Crippen LogP contribution in [0.2, 0.25) is 0 Å². The molecule has 0 bridgehead atoms. The van der Waals surface area contributed by atoms with Crippen LogP contribution < -0.4 is 0 Å². The van der Waals surface area contributed by atoms with Gasteiger partial charge in [-0.2, -0.15) is 4.31 Å². The quantitative estimate of drug-likeness (QED) is 0.578.